The van der Waals surface area contributed by atoms with Gasteiger partial charge in [0.2, 0.25) is 11.8 Å². The zero-order valence-electron chi connectivity index (χ0n) is 25.1. The number of anilines is 1. The number of nitrogens with one attached hydrogen (secondary N) is 1. The molecule has 0 bridgehead atoms. The Morgan fingerprint density at radius 3 is 2.17 bits per heavy atom. The number of ether oxygens (including phenoxy) is 1. The van der Waals surface area contributed by atoms with Gasteiger partial charge in [-0.15, -0.1) is 0 Å². The van der Waals surface area contributed by atoms with E-state index in [2.05, 4.69) is 5.32 Å². The topological polar surface area (TPSA) is 96.0 Å². The van der Waals surface area contributed by atoms with Crippen molar-refractivity contribution in [3.05, 3.63) is 88.9 Å². The first-order valence-corrected chi connectivity index (χ1v) is 15.7. The molecule has 0 unspecified atom stereocenters. The first kappa shape index (κ1) is 32.9. The molecule has 0 aliphatic carbocycles. The van der Waals surface area contributed by atoms with Crippen molar-refractivity contribution in [1.29, 1.82) is 0 Å². The minimum Gasteiger partial charge on any atom is -0.494 e. The van der Waals surface area contributed by atoms with Crippen LogP contribution in [-0.2, 0) is 26.2 Å². The number of amides is 2. The molecule has 1 atom stereocenters. The second-order valence-electron chi connectivity index (χ2n) is 11.1. The Labute approximate surface area is 254 Å². The maximum Gasteiger partial charge on any atom is 0.264 e. The number of hydrogen-bond acceptors (Lipinski definition) is 5. The van der Waals surface area contributed by atoms with Gasteiger partial charge in [0.1, 0.15) is 18.3 Å². The molecule has 3 rings (SSSR count). The molecule has 0 radical (unpaired) electrons. The first-order valence-electron chi connectivity index (χ1n) is 13.9. The molecular weight excluding hydrogens is 574 g/mol. The SMILES string of the molecule is CCOc1ccc(N(CC(=O)N(Cc2cccc(C)c2)[C@H](CC)C(=O)NC(C)(C)C)S(=O)(=O)c2ccc(Cl)cc2)cc1. The van der Waals surface area contributed by atoms with Crippen molar-refractivity contribution in [2.75, 3.05) is 17.5 Å². The number of hydrogen-bond donors (Lipinski definition) is 1. The predicted octanol–water partition coefficient (Wildman–Crippen LogP) is 5.96. The maximum atomic E-state index is 14.2. The van der Waals surface area contributed by atoms with Crippen LogP contribution < -0.4 is 14.4 Å². The summed E-state index contributed by atoms with van der Waals surface area (Å²) in [6.07, 6.45) is 0.340. The average molecular weight is 614 g/mol. The van der Waals surface area contributed by atoms with E-state index < -0.39 is 34.1 Å². The van der Waals surface area contributed by atoms with E-state index >= 15 is 0 Å². The van der Waals surface area contributed by atoms with Crippen molar-refractivity contribution < 1.29 is 22.7 Å². The van der Waals surface area contributed by atoms with Crippen LogP contribution in [0.3, 0.4) is 0 Å². The smallest absolute Gasteiger partial charge is 0.264 e. The van der Waals surface area contributed by atoms with Crippen LogP contribution in [0, 0.1) is 6.92 Å². The molecular formula is C32H40ClN3O5S. The van der Waals surface area contributed by atoms with E-state index in [9.17, 15) is 18.0 Å². The summed E-state index contributed by atoms with van der Waals surface area (Å²) >= 11 is 6.02. The van der Waals surface area contributed by atoms with Gasteiger partial charge in [0.15, 0.2) is 0 Å². The van der Waals surface area contributed by atoms with Crippen LogP contribution in [0.5, 0.6) is 5.75 Å². The lowest BCUT2D eigenvalue weighted by Crippen LogP contribution is -2.55. The van der Waals surface area contributed by atoms with Gasteiger partial charge in [-0.1, -0.05) is 48.4 Å². The van der Waals surface area contributed by atoms with E-state index in [-0.39, 0.29) is 23.0 Å². The van der Waals surface area contributed by atoms with Crippen LogP contribution in [0.4, 0.5) is 5.69 Å². The zero-order chi connectivity index (χ0) is 31.1. The molecule has 0 aliphatic heterocycles. The average Bonchev–Trinajstić information content (AvgIpc) is 2.91. The van der Waals surface area contributed by atoms with E-state index in [0.717, 1.165) is 15.4 Å². The molecule has 3 aromatic carbocycles. The molecule has 0 saturated heterocycles. The van der Waals surface area contributed by atoms with Gasteiger partial charge < -0.3 is 15.0 Å². The molecule has 0 saturated carbocycles. The number of sulfonamides is 1. The van der Waals surface area contributed by atoms with Crippen molar-refractivity contribution in [3.63, 3.8) is 0 Å². The van der Waals surface area contributed by atoms with E-state index in [4.69, 9.17) is 16.3 Å². The van der Waals surface area contributed by atoms with Gasteiger partial charge in [-0.05, 0) is 95.1 Å². The van der Waals surface area contributed by atoms with Crippen molar-refractivity contribution in [3.8, 4) is 5.75 Å². The molecule has 3 aromatic rings. The van der Waals surface area contributed by atoms with Crippen molar-refractivity contribution in [1.82, 2.24) is 10.2 Å². The van der Waals surface area contributed by atoms with Crippen LogP contribution in [0.1, 0.15) is 52.2 Å². The number of nitrogens with zero attached hydrogens (tertiary/aromatic N) is 2. The predicted molar refractivity (Wildman–Crippen MR) is 167 cm³/mol. The number of rotatable bonds is 12. The Morgan fingerprint density at radius 2 is 1.62 bits per heavy atom. The largest absolute Gasteiger partial charge is 0.494 e. The van der Waals surface area contributed by atoms with Crippen LogP contribution in [-0.4, -0.2) is 49.9 Å². The van der Waals surface area contributed by atoms with Crippen molar-refractivity contribution in [2.45, 2.75) is 71.0 Å². The molecule has 0 aliphatic rings. The van der Waals surface area contributed by atoms with Gasteiger partial charge in [0, 0.05) is 17.1 Å². The summed E-state index contributed by atoms with van der Waals surface area (Å²) in [7, 11) is -4.20. The first-order chi connectivity index (χ1) is 19.7. The number of carbonyl (C=O) groups is 2. The van der Waals surface area contributed by atoms with Gasteiger partial charge in [0.25, 0.3) is 10.0 Å². The molecule has 42 heavy (non-hydrogen) atoms. The number of aryl methyl sites for hydroxylation is 1. The lowest BCUT2D eigenvalue weighted by atomic mass is 10.0. The second kappa shape index (κ2) is 14.1. The minimum atomic E-state index is -4.20. The van der Waals surface area contributed by atoms with Crippen molar-refractivity contribution in [2.24, 2.45) is 0 Å². The highest BCUT2D eigenvalue weighted by atomic mass is 35.5. The number of benzene rings is 3. The fourth-order valence-electron chi connectivity index (χ4n) is 4.52. The molecule has 0 spiro atoms. The fourth-order valence-corrected chi connectivity index (χ4v) is 6.06. The molecule has 2 amide bonds. The molecule has 1 N–H and O–H groups in total. The second-order valence-corrected chi connectivity index (χ2v) is 13.4. The minimum absolute atomic E-state index is 0.0173. The normalized spacial score (nSPS) is 12.4. The monoisotopic (exact) mass is 613 g/mol. The molecule has 0 aromatic heterocycles. The quantitative estimate of drug-likeness (QED) is 0.272. The standard InChI is InChI=1S/C32H40ClN3O5S/c1-7-29(31(38)34-32(4,5)6)35(21-24-11-9-10-23(3)20-24)30(37)22-36(26-14-16-27(17-15-26)41-8-2)42(39,40)28-18-12-25(33)13-19-28/h9-20,29H,7-8,21-22H2,1-6H3,(H,34,38)/t29-/m1/s1. The van der Waals surface area contributed by atoms with Gasteiger partial charge in [-0.3, -0.25) is 13.9 Å². The molecule has 0 heterocycles. The Balaban J connectivity index is 2.08. The summed E-state index contributed by atoms with van der Waals surface area (Å²) < 4.78 is 34.5. The van der Waals surface area contributed by atoms with Crippen LogP contribution >= 0.6 is 11.6 Å². The molecule has 10 heteroatoms. The molecule has 8 nitrogen and oxygen atoms in total. The Bertz CT molecular complexity index is 1470. The van der Waals surface area contributed by atoms with Gasteiger partial charge in [-0.25, -0.2) is 8.42 Å². The summed E-state index contributed by atoms with van der Waals surface area (Å²) in [5.41, 5.74) is 1.60. The van der Waals surface area contributed by atoms with Crippen molar-refractivity contribution >= 4 is 39.1 Å². The highest BCUT2D eigenvalue weighted by molar-refractivity contribution is 7.92. The van der Waals surface area contributed by atoms with Gasteiger partial charge in [-0.2, -0.15) is 0 Å². The summed E-state index contributed by atoms with van der Waals surface area (Å²) in [6.45, 7) is 11.3. The lowest BCUT2D eigenvalue weighted by molar-refractivity contribution is -0.141. The van der Waals surface area contributed by atoms with Crippen LogP contribution in [0.25, 0.3) is 0 Å². The summed E-state index contributed by atoms with van der Waals surface area (Å²) in [5.74, 6) is -0.250. The van der Waals surface area contributed by atoms with Crippen LogP contribution in [0.15, 0.2) is 77.7 Å². The Kier molecular flexibility index (Phi) is 11.0. The molecule has 0 fully saturated rings. The third kappa shape index (κ3) is 8.72. The Hall–Kier alpha value is -3.56. The van der Waals surface area contributed by atoms with E-state index in [1.54, 1.807) is 24.3 Å². The van der Waals surface area contributed by atoms with Gasteiger partial charge >= 0.3 is 0 Å². The van der Waals surface area contributed by atoms with E-state index in [1.807, 2.05) is 65.8 Å². The fraction of sp³-hybridized carbons (Fsp3) is 0.375. The maximum absolute atomic E-state index is 14.2. The number of halogens is 1. The van der Waals surface area contributed by atoms with E-state index in [1.165, 1.54) is 29.2 Å². The third-order valence-corrected chi connectivity index (χ3v) is 8.48. The van der Waals surface area contributed by atoms with E-state index in [0.29, 0.717) is 23.8 Å². The Morgan fingerprint density at radius 1 is 0.976 bits per heavy atom. The molecule has 226 valence electrons. The lowest BCUT2D eigenvalue weighted by Gasteiger charge is -2.35. The highest BCUT2D eigenvalue weighted by Crippen LogP contribution is 2.27. The number of carbonyl (C=O) groups excluding carboxylic acids is 2. The third-order valence-electron chi connectivity index (χ3n) is 6.44. The van der Waals surface area contributed by atoms with Gasteiger partial charge in [0.05, 0.1) is 17.2 Å². The summed E-state index contributed by atoms with van der Waals surface area (Å²) in [6, 6.07) is 19.1. The van der Waals surface area contributed by atoms with Crippen LogP contribution in [0.2, 0.25) is 5.02 Å². The highest BCUT2D eigenvalue weighted by Gasteiger charge is 2.34. The zero-order valence-corrected chi connectivity index (χ0v) is 26.6. The summed E-state index contributed by atoms with van der Waals surface area (Å²) in [5, 5.41) is 3.36. The summed E-state index contributed by atoms with van der Waals surface area (Å²) in [4.78, 5) is 29.1.